The third kappa shape index (κ3) is 2.45. The number of hydrogen-bond donors (Lipinski definition) is 2. The van der Waals surface area contributed by atoms with E-state index in [9.17, 15) is 4.39 Å². The lowest BCUT2D eigenvalue weighted by Crippen LogP contribution is -2.07. The van der Waals surface area contributed by atoms with Gasteiger partial charge < -0.3 is 10.4 Å². The maximum absolute atomic E-state index is 13.8. The van der Waals surface area contributed by atoms with E-state index in [1.165, 1.54) is 6.07 Å². The predicted molar refractivity (Wildman–Crippen MR) is 78.1 cm³/mol. The molecule has 2 N–H and O–H groups in total. The molecule has 0 fully saturated rings. The molecule has 1 aromatic heterocycles. The first kappa shape index (κ1) is 13.6. The fourth-order valence-electron chi connectivity index (χ4n) is 2.68. The van der Waals surface area contributed by atoms with Gasteiger partial charge in [0, 0.05) is 10.7 Å². The zero-order valence-corrected chi connectivity index (χ0v) is 12.4. The van der Waals surface area contributed by atoms with Gasteiger partial charge in [0.15, 0.2) is 0 Å². The summed E-state index contributed by atoms with van der Waals surface area (Å²) in [7, 11) is 0. The monoisotopic (exact) mass is 339 g/mol. The normalized spacial score (nSPS) is 17.2. The van der Waals surface area contributed by atoms with Gasteiger partial charge in [-0.2, -0.15) is 5.10 Å². The van der Waals surface area contributed by atoms with Crippen molar-refractivity contribution in [3.8, 4) is 0 Å². The lowest BCUT2D eigenvalue weighted by molar-refractivity contribution is 0.269. The summed E-state index contributed by atoms with van der Waals surface area (Å²) in [5.74, 6) is -0.136. The Morgan fingerprint density at radius 3 is 3.15 bits per heavy atom. The second-order valence-corrected chi connectivity index (χ2v) is 5.73. The molecule has 6 heteroatoms. The molecule has 3 rings (SSSR count). The van der Waals surface area contributed by atoms with Crippen molar-refractivity contribution in [3.05, 3.63) is 45.9 Å². The van der Waals surface area contributed by atoms with Crippen molar-refractivity contribution in [2.45, 2.75) is 25.4 Å². The van der Waals surface area contributed by atoms with Gasteiger partial charge in [-0.25, -0.2) is 4.39 Å². The van der Waals surface area contributed by atoms with Crippen LogP contribution in [0.3, 0.4) is 0 Å². The summed E-state index contributed by atoms with van der Waals surface area (Å²) in [5.41, 5.74) is 2.67. The fraction of sp³-hybridized carbons (Fsp3) is 0.357. The molecule has 0 saturated carbocycles. The highest BCUT2D eigenvalue weighted by Crippen LogP contribution is 2.39. The molecule has 1 unspecified atom stereocenters. The second-order valence-electron chi connectivity index (χ2n) is 4.87. The van der Waals surface area contributed by atoms with E-state index in [1.54, 1.807) is 16.9 Å². The number of halogens is 2. The molecule has 0 aliphatic heterocycles. The SMILES string of the molecule is OCCn1cc(NC2CCc3c(F)ccc(Br)c32)cn1. The van der Waals surface area contributed by atoms with Crippen molar-refractivity contribution in [1.29, 1.82) is 0 Å². The molecular weight excluding hydrogens is 325 g/mol. The second kappa shape index (κ2) is 5.54. The van der Waals surface area contributed by atoms with Crippen LogP contribution in [-0.2, 0) is 13.0 Å². The van der Waals surface area contributed by atoms with Gasteiger partial charge in [-0.3, -0.25) is 4.68 Å². The summed E-state index contributed by atoms with van der Waals surface area (Å²) in [6, 6.07) is 3.34. The minimum Gasteiger partial charge on any atom is -0.394 e. The molecule has 2 aromatic rings. The van der Waals surface area contributed by atoms with E-state index < -0.39 is 0 Å². The number of hydrogen-bond acceptors (Lipinski definition) is 3. The fourth-order valence-corrected chi connectivity index (χ4v) is 3.33. The summed E-state index contributed by atoms with van der Waals surface area (Å²) in [5, 5.41) is 16.4. The van der Waals surface area contributed by atoms with Crippen molar-refractivity contribution in [1.82, 2.24) is 9.78 Å². The van der Waals surface area contributed by atoms with E-state index in [0.29, 0.717) is 6.54 Å². The molecule has 20 heavy (non-hydrogen) atoms. The summed E-state index contributed by atoms with van der Waals surface area (Å²) < 4.78 is 16.4. The van der Waals surface area contributed by atoms with Crippen LogP contribution < -0.4 is 5.32 Å². The molecule has 0 saturated heterocycles. The van der Waals surface area contributed by atoms with Gasteiger partial charge in [0.25, 0.3) is 0 Å². The molecule has 1 aliphatic carbocycles. The summed E-state index contributed by atoms with van der Waals surface area (Å²) in [4.78, 5) is 0. The average Bonchev–Trinajstić information content (AvgIpc) is 3.03. The Balaban J connectivity index is 1.82. The first-order valence-corrected chi connectivity index (χ1v) is 7.35. The standard InChI is InChI=1S/C14H15BrFN3O/c15-11-2-3-12(16)10-1-4-13(14(10)11)18-9-7-17-19(8-9)5-6-20/h2-3,7-8,13,18,20H,1,4-6H2. The Bertz CT molecular complexity index is 629. The van der Waals surface area contributed by atoms with Gasteiger partial charge in [-0.1, -0.05) is 15.9 Å². The molecule has 1 aliphatic rings. The molecule has 0 radical (unpaired) electrons. The number of aliphatic hydroxyl groups excluding tert-OH is 1. The van der Waals surface area contributed by atoms with Crippen LogP contribution in [0.1, 0.15) is 23.6 Å². The Morgan fingerprint density at radius 2 is 2.35 bits per heavy atom. The Kier molecular flexibility index (Phi) is 3.76. The number of benzene rings is 1. The van der Waals surface area contributed by atoms with Crippen LogP contribution in [0.25, 0.3) is 0 Å². The average molecular weight is 340 g/mol. The van der Waals surface area contributed by atoms with Crippen LogP contribution in [0.4, 0.5) is 10.1 Å². The third-order valence-corrected chi connectivity index (χ3v) is 4.27. The maximum atomic E-state index is 13.8. The summed E-state index contributed by atoms with van der Waals surface area (Å²) in [6.45, 7) is 0.533. The maximum Gasteiger partial charge on any atom is 0.126 e. The lowest BCUT2D eigenvalue weighted by atomic mass is 10.1. The van der Waals surface area contributed by atoms with Crippen LogP contribution >= 0.6 is 15.9 Å². The number of aliphatic hydroxyl groups is 1. The largest absolute Gasteiger partial charge is 0.394 e. The van der Waals surface area contributed by atoms with Gasteiger partial charge in [-0.15, -0.1) is 0 Å². The highest BCUT2D eigenvalue weighted by Gasteiger charge is 2.27. The van der Waals surface area contributed by atoms with E-state index in [2.05, 4.69) is 26.3 Å². The molecular formula is C14H15BrFN3O. The van der Waals surface area contributed by atoms with Crippen molar-refractivity contribution in [3.63, 3.8) is 0 Å². The molecule has 1 atom stereocenters. The number of rotatable bonds is 4. The van der Waals surface area contributed by atoms with Crippen molar-refractivity contribution in [2.75, 3.05) is 11.9 Å². The highest BCUT2D eigenvalue weighted by molar-refractivity contribution is 9.10. The van der Waals surface area contributed by atoms with Crippen LogP contribution in [0, 0.1) is 5.82 Å². The van der Waals surface area contributed by atoms with Crippen LogP contribution in [0.15, 0.2) is 29.0 Å². The summed E-state index contributed by atoms with van der Waals surface area (Å²) in [6.07, 6.45) is 5.17. The predicted octanol–water partition coefficient (Wildman–Crippen LogP) is 2.88. The van der Waals surface area contributed by atoms with E-state index in [0.717, 1.165) is 34.1 Å². The van der Waals surface area contributed by atoms with Crippen molar-refractivity contribution in [2.24, 2.45) is 0 Å². The number of aromatic nitrogens is 2. The topological polar surface area (TPSA) is 50.1 Å². The van der Waals surface area contributed by atoms with Crippen LogP contribution in [-0.4, -0.2) is 21.5 Å². The minimum atomic E-state index is -0.136. The quantitative estimate of drug-likeness (QED) is 0.900. The number of nitrogens with zero attached hydrogens (tertiary/aromatic N) is 2. The zero-order chi connectivity index (χ0) is 14.1. The van der Waals surface area contributed by atoms with Gasteiger partial charge in [0.2, 0.25) is 0 Å². The van der Waals surface area contributed by atoms with E-state index in [-0.39, 0.29) is 18.5 Å². The molecule has 1 heterocycles. The van der Waals surface area contributed by atoms with E-state index in [4.69, 9.17) is 5.11 Å². The van der Waals surface area contributed by atoms with Gasteiger partial charge in [0.1, 0.15) is 5.82 Å². The zero-order valence-electron chi connectivity index (χ0n) is 10.8. The minimum absolute atomic E-state index is 0.0597. The molecule has 0 spiro atoms. The first-order valence-electron chi connectivity index (χ1n) is 6.55. The number of fused-ring (bicyclic) bond motifs is 1. The smallest absolute Gasteiger partial charge is 0.126 e. The van der Waals surface area contributed by atoms with E-state index >= 15 is 0 Å². The molecule has 0 amide bonds. The highest BCUT2D eigenvalue weighted by atomic mass is 79.9. The van der Waals surface area contributed by atoms with Gasteiger partial charge >= 0.3 is 0 Å². The number of nitrogens with one attached hydrogen (secondary N) is 1. The Morgan fingerprint density at radius 1 is 1.50 bits per heavy atom. The third-order valence-electron chi connectivity index (χ3n) is 3.58. The molecule has 1 aromatic carbocycles. The van der Waals surface area contributed by atoms with Crippen molar-refractivity contribution >= 4 is 21.6 Å². The molecule has 4 nitrogen and oxygen atoms in total. The summed E-state index contributed by atoms with van der Waals surface area (Å²) >= 11 is 3.50. The Labute approximate surface area is 124 Å². The first-order chi connectivity index (χ1) is 9.69. The van der Waals surface area contributed by atoms with Gasteiger partial charge in [-0.05, 0) is 36.1 Å². The molecule has 106 valence electrons. The Hall–Kier alpha value is -1.40. The van der Waals surface area contributed by atoms with Crippen LogP contribution in [0.2, 0.25) is 0 Å². The van der Waals surface area contributed by atoms with Gasteiger partial charge in [0.05, 0.1) is 31.1 Å². The van der Waals surface area contributed by atoms with Crippen LogP contribution in [0.5, 0.6) is 0 Å². The lowest BCUT2D eigenvalue weighted by Gasteiger charge is -2.15. The molecule has 0 bridgehead atoms. The van der Waals surface area contributed by atoms with Crippen molar-refractivity contribution < 1.29 is 9.50 Å². The number of anilines is 1. The van der Waals surface area contributed by atoms with E-state index in [1.807, 2.05) is 6.20 Å².